The Bertz CT molecular complexity index is 169. The zero-order valence-corrected chi connectivity index (χ0v) is 7.56. The average Bonchev–Trinajstić information content (AvgIpc) is 2.04. The number of rotatable bonds is 2. The topological polar surface area (TPSA) is 20.3 Å². The lowest BCUT2D eigenvalue weighted by Gasteiger charge is -2.29. The third-order valence-electron chi connectivity index (χ3n) is 1.93. The summed E-state index contributed by atoms with van der Waals surface area (Å²) in [6, 6.07) is 0.0752. The number of nitrogens with zero attached hydrogens (tertiary/aromatic N) is 1. The number of likely N-dealkylation sites (N-methyl/N-ethyl adjacent to an activating group) is 1. The molecule has 1 rings (SSSR count). The van der Waals surface area contributed by atoms with E-state index in [4.69, 9.17) is 0 Å². The Kier molecular flexibility index (Phi) is 3.15. The van der Waals surface area contributed by atoms with Gasteiger partial charge in [-0.3, -0.25) is 9.69 Å². The molecule has 0 amide bonds. The van der Waals surface area contributed by atoms with Crippen molar-refractivity contribution >= 4 is 17.5 Å². The van der Waals surface area contributed by atoms with Crippen molar-refractivity contribution in [3.05, 3.63) is 12.7 Å². The van der Waals surface area contributed by atoms with Gasteiger partial charge in [-0.2, -0.15) is 11.8 Å². The quantitative estimate of drug-likeness (QED) is 0.573. The van der Waals surface area contributed by atoms with Crippen LogP contribution in [0.1, 0.15) is 0 Å². The molecule has 0 N–H and O–H groups in total. The van der Waals surface area contributed by atoms with E-state index in [0.717, 1.165) is 18.1 Å². The number of hydrogen-bond donors (Lipinski definition) is 0. The van der Waals surface area contributed by atoms with Crippen molar-refractivity contribution in [2.24, 2.45) is 0 Å². The molecule has 0 aromatic rings. The van der Waals surface area contributed by atoms with Gasteiger partial charge in [0.2, 0.25) is 0 Å². The molecule has 2 nitrogen and oxygen atoms in total. The average molecular weight is 171 g/mol. The molecule has 3 heteroatoms. The maximum atomic E-state index is 11.2. The van der Waals surface area contributed by atoms with Gasteiger partial charge in [-0.25, -0.2) is 0 Å². The van der Waals surface area contributed by atoms with E-state index in [2.05, 4.69) is 11.5 Å². The van der Waals surface area contributed by atoms with Crippen molar-refractivity contribution in [3.8, 4) is 0 Å². The van der Waals surface area contributed by atoms with Crippen LogP contribution in [0.25, 0.3) is 0 Å². The molecule has 1 atom stereocenters. The van der Waals surface area contributed by atoms with Gasteiger partial charge < -0.3 is 0 Å². The summed E-state index contributed by atoms with van der Waals surface area (Å²) in [6.07, 6.45) is 1.42. The molecule has 1 aliphatic rings. The van der Waals surface area contributed by atoms with E-state index >= 15 is 0 Å². The van der Waals surface area contributed by atoms with E-state index in [-0.39, 0.29) is 11.8 Å². The summed E-state index contributed by atoms with van der Waals surface area (Å²) in [5.41, 5.74) is 0. The molecule has 1 aliphatic heterocycles. The van der Waals surface area contributed by atoms with E-state index in [0.29, 0.717) is 0 Å². The Morgan fingerprint density at radius 1 is 1.82 bits per heavy atom. The number of carbonyl (C=O) groups is 1. The summed E-state index contributed by atoms with van der Waals surface area (Å²) < 4.78 is 0. The van der Waals surface area contributed by atoms with Crippen LogP contribution in [0, 0.1) is 0 Å². The molecule has 11 heavy (non-hydrogen) atoms. The number of ketones is 1. The fourth-order valence-corrected chi connectivity index (χ4v) is 2.35. The first-order valence-electron chi connectivity index (χ1n) is 3.70. The fraction of sp³-hybridized carbons (Fsp3) is 0.625. The summed E-state index contributed by atoms with van der Waals surface area (Å²) in [7, 11) is 1.99. The van der Waals surface area contributed by atoms with E-state index in [1.807, 2.05) is 18.8 Å². The minimum Gasteiger partial charge on any atom is -0.295 e. The fourth-order valence-electron chi connectivity index (χ4n) is 1.12. The summed E-state index contributed by atoms with van der Waals surface area (Å²) >= 11 is 1.84. The Hall–Kier alpha value is -0.280. The summed E-state index contributed by atoms with van der Waals surface area (Å²) in [5, 5.41) is 0. The molecule has 0 aromatic heterocycles. The first kappa shape index (κ1) is 8.81. The smallest absolute Gasteiger partial charge is 0.173 e. The minimum absolute atomic E-state index is 0.0752. The Morgan fingerprint density at radius 2 is 2.55 bits per heavy atom. The lowest BCUT2D eigenvalue weighted by molar-refractivity contribution is -0.118. The molecule has 1 saturated heterocycles. The van der Waals surface area contributed by atoms with E-state index in [1.165, 1.54) is 6.08 Å². The van der Waals surface area contributed by atoms with Crippen LogP contribution >= 0.6 is 11.8 Å². The molecule has 0 bridgehead atoms. The molecular formula is C8H13NOS. The van der Waals surface area contributed by atoms with Gasteiger partial charge in [0.05, 0.1) is 6.04 Å². The van der Waals surface area contributed by atoms with Crippen LogP contribution < -0.4 is 0 Å². The van der Waals surface area contributed by atoms with Crippen molar-refractivity contribution in [2.75, 3.05) is 25.1 Å². The van der Waals surface area contributed by atoms with Crippen molar-refractivity contribution < 1.29 is 4.79 Å². The Balaban J connectivity index is 2.53. The van der Waals surface area contributed by atoms with Crippen molar-refractivity contribution in [3.63, 3.8) is 0 Å². The maximum Gasteiger partial charge on any atom is 0.173 e. The predicted molar refractivity (Wildman–Crippen MR) is 48.9 cm³/mol. The molecule has 62 valence electrons. The largest absolute Gasteiger partial charge is 0.295 e. The first-order chi connectivity index (χ1) is 5.25. The van der Waals surface area contributed by atoms with E-state index in [1.54, 1.807) is 0 Å². The van der Waals surface area contributed by atoms with Crippen LogP contribution in [0.3, 0.4) is 0 Å². The molecule has 0 spiro atoms. The van der Waals surface area contributed by atoms with Crippen molar-refractivity contribution in [1.82, 2.24) is 4.90 Å². The molecule has 1 fully saturated rings. The molecule has 0 saturated carbocycles. The number of hydrogen-bond acceptors (Lipinski definition) is 3. The predicted octanol–water partition coefficient (Wildman–Crippen LogP) is 0.789. The van der Waals surface area contributed by atoms with Crippen LogP contribution in [0.2, 0.25) is 0 Å². The second-order valence-electron chi connectivity index (χ2n) is 2.68. The van der Waals surface area contributed by atoms with Gasteiger partial charge in [-0.15, -0.1) is 0 Å². The van der Waals surface area contributed by atoms with Gasteiger partial charge in [0.1, 0.15) is 0 Å². The molecule has 0 aromatic carbocycles. The summed E-state index contributed by atoms with van der Waals surface area (Å²) in [4.78, 5) is 13.3. The van der Waals surface area contributed by atoms with Gasteiger partial charge in [0, 0.05) is 18.1 Å². The zero-order valence-electron chi connectivity index (χ0n) is 6.75. The first-order valence-corrected chi connectivity index (χ1v) is 4.85. The Morgan fingerprint density at radius 3 is 3.09 bits per heavy atom. The van der Waals surface area contributed by atoms with Gasteiger partial charge in [0.25, 0.3) is 0 Å². The monoisotopic (exact) mass is 171 g/mol. The van der Waals surface area contributed by atoms with Crippen LogP contribution in [0.4, 0.5) is 0 Å². The number of thioether (sulfide) groups is 1. The molecule has 0 aliphatic carbocycles. The maximum absolute atomic E-state index is 11.2. The molecular weight excluding hydrogens is 158 g/mol. The SMILES string of the molecule is C=CC(=O)C1CSCCN1C. The van der Waals surface area contributed by atoms with Crippen LogP contribution in [0.15, 0.2) is 12.7 Å². The third-order valence-corrected chi connectivity index (χ3v) is 2.95. The van der Waals surface area contributed by atoms with Crippen molar-refractivity contribution in [2.45, 2.75) is 6.04 Å². The second kappa shape index (κ2) is 3.93. The van der Waals surface area contributed by atoms with Gasteiger partial charge in [0.15, 0.2) is 5.78 Å². The zero-order chi connectivity index (χ0) is 8.27. The van der Waals surface area contributed by atoms with Gasteiger partial charge >= 0.3 is 0 Å². The minimum atomic E-state index is 0.0752. The molecule has 0 radical (unpaired) electrons. The highest BCUT2D eigenvalue weighted by Gasteiger charge is 2.23. The van der Waals surface area contributed by atoms with Gasteiger partial charge in [-0.05, 0) is 13.1 Å². The van der Waals surface area contributed by atoms with Crippen molar-refractivity contribution in [1.29, 1.82) is 0 Å². The highest BCUT2D eigenvalue weighted by molar-refractivity contribution is 7.99. The standard InChI is InChI=1S/C8H13NOS/c1-3-8(10)7-6-11-5-4-9(7)2/h3,7H,1,4-6H2,2H3. The summed E-state index contributed by atoms with van der Waals surface area (Å²) in [5.74, 6) is 2.21. The van der Waals surface area contributed by atoms with Crippen LogP contribution in [-0.4, -0.2) is 41.8 Å². The lowest BCUT2D eigenvalue weighted by atomic mass is 10.2. The van der Waals surface area contributed by atoms with Gasteiger partial charge in [-0.1, -0.05) is 6.58 Å². The molecule has 1 unspecified atom stereocenters. The van der Waals surface area contributed by atoms with E-state index in [9.17, 15) is 4.79 Å². The molecule has 1 heterocycles. The highest BCUT2D eigenvalue weighted by Crippen LogP contribution is 2.15. The third kappa shape index (κ3) is 2.07. The number of carbonyl (C=O) groups excluding carboxylic acids is 1. The van der Waals surface area contributed by atoms with E-state index < -0.39 is 0 Å². The van der Waals surface area contributed by atoms with Crippen LogP contribution in [0.5, 0.6) is 0 Å². The second-order valence-corrected chi connectivity index (χ2v) is 3.83. The normalized spacial score (nSPS) is 26.5. The Labute approximate surface area is 71.6 Å². The summed E-state index contributed by atoms with van der Waals surface area (Å²) in [6.45, 7) is 4.49. The lowest BCUT2D eigenvalue weighted by Crippen LogP contribution is -2.44. The van der Waals surface area contributed by atoms with Crippen LogP contribution in [-0.2, 0) is 4.79 Å². The highest BCUT2D eigenvalue weighted by atomic mass is 32.2.